The first-order valence-corrected chi connectivity index (χ1v) is 10.2. The first-order chi connectivity index (χ1) is 12.1. The molecule has 1 atom stereocenters. The molecule has 0 fully saturated rings. The summed E-state index contributed by atoms with van der Waals surface area (Å²) in [5.74, 6) is -0.498. The van der Waals surface area contributed by atoms with E-state index in [0.717, 1.165) is 0 Å². The van der Waals surface area contributed by atoms with E-state index in [9.17, 15) is 12.8 Å². The monoisotopic (exact) mass is 454 g/mol. The Labute approximate surface area is 169 Å². The molecule has 3 rings (SSSR count). The van der Waals surface area contributed by atoms with Crippen LogP contribution >= 0.6 is 46.4 Å². The van der Waals surface area contributed by atoms with Gasteiger partial charge in [-0.1, -0.05) is 46.4 Å². The molecular weight excluding hydrogens is 445 g/mol. The van der Waals surface area contributed by atoms with Crippen LogP contribution in [0.1, 0.15) is 11.6 Å². The molecule has 3 aromatic rings. The Balaban J connectivity index is 2.07. The van der Waals surface area contributed by atoms with Crippen LogP contribution in [0.4, 0.5) is 4.39 Å². The van der Waals surface area contributed by atoms with Crippen molar-refractivity contribution in [3.63, 3.8) is 0 Å². The molecular formula is C16H11Cl4FN2O2S. The molecule has 2 aromatic carbocycles. The maximum atomic E-state index is 13.6. The molecule has 0 aliphatic carbocycles. The van der Waals surface area contributed by atoms with Crippen LogP contribution in [0.3, 0.4) is 0 Å². The summed E-state index contributed by atoms with van der Waals surface area (Å²) in [5.41, 5.74) is 0.878. The van der Waals surface area contributed by atoms with Gasteiger partial charge in [0.15, 0.2) is 0 Å². The lowest BCUT2D eigenvalue weighted by molar-refractivity contribution is 0.559. The van der Waals surface area contributed by atoms with Gasteiger partial charge in [-0.2, -0.15) is 4.72 Å². The predicted molar refractivity (Wildman–Crippen MR) is 103 cm³/mol. The molecule has 0 aliphatic rings. The second-order valence-electron chi connectivity index (χ2n) is 5.48. The van der Waals surface area contributed by atoms with E-state index in [0.29, 0.717) is 21.5 Å². The number of aromatic amines is 1. The summed E-state index contributed by atoms with van der Waals surface area (Å²) >= 11 is 23.9. The Morgan fingerprint density at radius 3 is 2.35 bits per heavy atom. The molecule has 1 aromatic heterocycles. The second-order valence-corrected chi connectivity index (χ2v) is 10.0. The van der Waals surface area contributed by atoms with Crippen LogP contribution < -0.4 is 4.72 Å². The summed E-state index contributed by atoms with van der Waals surface area (Å²) in [4.78, 5) is 2.86. The molecule has 10 heteroatoms. The largest absolute Gasteiger partial charge is 0.361 e. The maximum absolute atomic E-state index is 13.6. The highest BCUT2D eigenvalue weighted by atomic mass is 35.6. The molecule has 0 saturated carbocycles. The summed E-state index contributed by atoms with van der Waals surface area (Å²) in [5, 5.41) is 0.786. The third-order valence-corrected chi connectivity index (χ3v) is 6.06. The predicted octanol–water partition coefficient (Wildman–Crippen LogP) is 5.35. The number of sulfonamides is 1. The minimum Gasteiger partial charge on any atom is -0.361 e. The van der Waals surface area contributed by atoms with Crippen LogP contribution in [0.15, 0.2) is 53.6 Å². The molecule has 0 aliphatic heterocycles. The molecule has 1 heterocycles. The number of aromatic nitrogens is 1. The van der Waals surface area contributed by atoms with E-state index in [2.05, 4.69) is 9.71 Å². The number of hydrogen-bond acceptors (Lipinski definition) is 2. The number of H-pyrrole nitrogens is 1. The number of nitrogens with one attached hydrogen (secondary N) is 2. The van der Waals surface area contributed by atoms with E-state index in [1.807, 2.05) is 0 Å². The molecule has 0 saturated heterocycles. The second kappa shape index (κ2) is 7.19. The van der Waals surface area contributed by atoms with Crippen LogP contribution in [-0.4, -0.2) is 17.2 Å². The summed E-state index contributed by atoms with van der Waals surface area (Å²) in [6.45, 7) is 0. The summed E-state index contributed by atoms with van der Waals surface area (Å²) in [6.07, 6.45) is 1.47. The minimum absolute atomic E-state index is 0.0489. The number of benzene rings is 2. The van der Waals surface area contributed by atoms with E-state index < -0.39 is 25.7 Å². The molecule has 26 heavy (non-hydrogen) atoms. The van der Waals surface area contributed by atoms with Gasteiger partial charge in [0.05, 0.1) is 10.9 Å². The number of rotatable bonds is 4. The van der Waals surface area contributed by atoms with E-state index in [1.54, 1.807) is 0 Å². The van der Waals surface area contributed by atoms with Crippen LogP contribution in [0.25, 0.3) is 10.9 Å². The van der Waals surface area contributed by atoms with Gasteiger partial charge in [0.1, 0.15) is 5.82 Å². The minimum atomic E-state index is -4.03. The summed E-state index contributed by atoms with van der Waals surface area (Å²) < 4.78 is 39.3. The van der Waals surface area contributed by atoms with Crippen molar-refractivity contribution in [1.82, 2.24) is 9.71 Å². The highest BCUT2D eigenvalue weighted by Gasteiger charge is 2.38. The van der Waals surface area contributed by atoms with Gasteiger partial charge < -0.3 is 4.98 Å². The van der Waals surface area contributed by atoms with E-state index in [4.69, 9.17) is 46.4 Å². The van der Waals surface area contributed by atoms with Crippen molar-refractivity contribution >= 4 is 67.3 Å². The lowest BCUT2D eigenvalue weighted by Gasteiger charge is -2.25. The first-order valence-electron chi connectivity index (χ1n) is 7.19. The van der Waals surface area contributed by atoms with Crippen LogP contribution in [0, 0.1) is 5.82 Å². The first kappa shape index (κ1) is 19.7. The molecule has 1 unspecified atom stereocenters. The molecule has 2 N–H and O–H groups in total. The number of hydrogen-bond donors (Lipinski definition) is 2. The Kier molecular flexibility index (Phi) is 5.45. The Morgan fingerprint density at radius 1 is 1.08 bits per heavy atom. The smallest absolute Gasteiger partial charge is 0.241 e. The fraction of sp³-hybridized carbons (Fsp3) is 0.125. The van der Waals surface area contributed by atoms with Gasteiger partial charge in [0.25, 0.3) is 0 Å². The molecule has 4 nitrogen and oxygen atoms in total. The topological polar surface area (TPSA) is 62.0 Å². The quantitative estimate of drug-likeness (QED) is 0.521. The van der Waals surface area contributed by atoms with Crippen molar-refractivity contribution in [2.75, 3.05) is 0 Å². The standard InChI is InChI=1S/C16H11Cl4FN2O2S/c17-9-1-4-11(5-2-9)26(24,25)23-15(16(18,19)20)13-8-22-14-6-3-10(21)7-12(13)14/h1-8,15,22-23H. The van der Waals surface area contributed by atoms with Crippen molar-refractivity contribution in [3.05, 3.63) is 65.1 Å². The van der Waals surface area contributed by atoms with Gasteiger partial charge in [0, 0.05) is 22.1 Å². The van der Waals surface area contributed by atoms with Crippen molar-refractivity contribution in [2.24, 2.45) is 0 Å². The van der Waals surface area contributed by atoms with Crippen molar-refractivity contribution in [1.29, 1.82) is 0 Å². The number of fused-ring (bicyclic) bond motifs is 1. The molecule has 0 radical (unpaired) electrons. The zero-order valence-corrected chi connectivity index (χ0v) is 16.7. The molecule has 138 valence electrons. The molecule has 0 bridgehead atoms. The van der Waals surface area contributed by atoms with Crippen molar-refractivity contribution < 1.29 is 12.8 Å². The Bertz CT molecular complexity index is 1050. The lowest BCUT2D eigenvalue weighted by atomic mass is 10.1. The molecule has 0 spiro atoms. The van der Waals surface area contributed by atoms with Gasteiger partial charge in [-0.05, 0) is 48.0 Å². The normalized spacial score (nSPS) is 13.9. The van der Waals surface area contributed by atoms with Gasteiger partial charge in [0.2, 0.25) is 13.8 Å². The SMILES string of the molecule is O=S(=O)(NC(c1c[nH]c2ccc(F)cc12)C(Cl)(Cl)Cl)c1ccc(Cl)cc1. The van der Waals surface area contributed by atoms with E-state index >= 15 is 0 Å². The molecule has 0 amide bonds. The summed E-state index contributed by atoms with van der Waals surface area (Å²) in [6, 6.07) is 8.28. The van der Waals surface area contributed by atoms with E-state index in [1.165, 1.54) is 48.7 Å². The van der Waals surface area contributed by atoms with Crippen molar-refractivity contribution in [3.8, 4) is 0 Å². The fourth-order valence-electron chi connectivity index (χ4n) is 2.50. The zero-order chi connectivity index (χ0) is 19.1. The lowest BCUT2D eigenvalue weighted by Crippen LogP contribution is -2.36. The third-order valence-electron chi connectivity index (χ3n) is 3.71. The van der Waals surface area contributed by atoms with Gasteiger partial charge >= 0.3 is 0 Å². The average Bonchev–Trinajstić information content (AvgIpc) is 2.94. The van der Waals surface area contributed by atoms with Gasteiger partial charge in [-0.15, -0.1) is 0 Å². The maximum Gasteiger partial charge on any atom is 0.241 e. The van der Waals surface area contributed by atoms with Crippen LogP contribution in [0.5, 0.6) is 0 Å². The number of halogens is 5. The zero-order valence-electron chi connectivity index (χ0n) is 12.8. The van der Waals surface area contributed by atoms with Crippen LogP contribution in [-0.2, 0) is 10.0 Å². The highest BCUT2D eigenvalue weighted by Crippen LogP contribution is 2.43. The third kappa shape index (κ3) is 4.11. The average molecular weight is 456 g/mol. The van der Waals surface area contributed by atoms with Gasteiger partial charge in [-0.25, -0.2) is 12.8 Å². The van der Waals surface area contributed by atoms with Gasteiger partial charge in [-0.3, -0.25) is 0 Å². The fourth-order valence-corrected chi connectivity index (χ4v) is 4.58. The Morgan fingerprint density at radius 2 is 1.73 bits per heavy atom. The summed E-state index contributed by atoms with van der Waals surface area (Å²) in [7, 11) is -4.03. The van der Waals surface area contributed by atoms with E-state index in [-0.39, 0.29) is 4.90 Å². The van der Waals surface area contributed by atoms with Crippen molar-refractivity contribution in [2.45, 2.75) is 14.7 Å². The van der Waals surface area contributed by atoms with Crippen LogP contribution in [0.2, 0.25) is 5.02 Å². The number of alkyl halides is 3. The highest BCUT2D eigenvalue weighted by molar-refractivity contribution is 7.89. The Hall–Kier alpha value is -1.02.